The third-order valence-electron chi connectivity index (χ3n) is 3.95. The summed E-state index contributed by atoms with van der Waals surface area (Å²) in [6.45, 7) is 1.76. The Hall–Kier alpha value is -1.72. The average Bonchev–Trinajstić information content (AvgIpc) is 2.48. The quantitative estimate of drug-likeness (QED) is 0.908. The highest BCUT2D eigenvalue weighted by atomic mass is 16.3. The van der Waals surface area contributed by atoms with E-state index in [2.05, 4.69) is 9.88 Å². The molecular formula is C15H19N3O2. The second kappa shape index (κ2) is 5.73. The van der Waals surface area contributed by atoms with E-state index < -0.39 is 0 Å². The number of hydrogen-bond donors (Lipinski definition) is 1. The molecule has 20 heavy (non-hydrogen) atoms. The van der Waals surface area contributed by atoms with Crippen molar-refractivity contribution in [3.63, 3.8) is 0 Å². The molecule has 1 fully saturated rings. The van der Waals surface area contributed by atoms with E-state index in [-0.39, 0.29) is 18.2 Å². The van der Waals surface area contributed by atoms with Gasteiger partial charge in [0, 0.05) is 24.8 Å². The van der Waals surface area contributed by atoms with Crippen molar-refractivity contribution in [2.75, 3.05) is 13.2 Å². The Morgan fingerprint density at radius 3 is 3.10 bits per heavy atom. The van der Waals surface area contributed by atoms with Crippen LogP contribution in [-0.2, 0) is 6.54 Å². The van der Waals surface area contributed by atoms with Crippen LogP contribution in [-0.4, -0.2) is 38.6 Å². The van der Waals surface area contributed by atoms with Crippen LogP contribution in [0.15, 0.2) is 35.3 Å². The Morgan fingerprint density at radius 2 is 2.25 bits per heavy atom. The lowest BCUT2D eigenvalue weighted by molar-refractivity contribution is 0.0831. The summed E-state index contributed by atoms with van der Waals surface area (Å²) in [5, 5.41) is 9.44. The van der Waals surface area contributed by atoms with Crippen LogP contribution in [0.4, 0.5) is 0 Å². The number of rotatable bonds is 3. The van der Waals surface area contributed by atoms with Gasteiger partial charge in [0.2, 0.25) is 0 Å². The maximum atomic E-state index is 12.0. The summed E-state index contributed by atoms with van der Waals surface area (Å²) < 4.78 is 1.54. The van der Waals surface area contributed by atoms with Gasteiger partial charge >= 0.3 is 0 Å². The van der Waals surface area contributed by atoms with Crippen molar-refractivity contribution in [2.45, 2.75) is 31.8 Å². The molecule has 1 saturated heterocycles. The van der Waals surface area contributed by atoms with Crippen molar-refractivity contribution in [1.82, 2.24) is 14.3 Å². The molecule has 0 aromatic carbocycles. The first-order valence-corrected chi connectivity index (χ1v) is 7.10. The zero-order chi connectivity index (χ0) is 13.9. The van der Waals surface area contributed by atoms with Gasteiger partial charge < -0.3 is 5.11 Å². The van der Waals surface area contributed by atoms with Gasteiger partial charge in [-0.25, -0.2) is 4.98 Å². The minimum Gasteiger partial charge on any atom is -0.395 e. The van der Waals surface area contributed by atoms with Crippen molar-refractivity contribution in [2.24, 2.45) is 0 Å². The second-order valence-corrected chi connectivity index (χ2v) is 5.32. The molecule has 3 rings (SSSR count). The number of aliphatic hydroxyl groups excluding tert-OH is 1. The first-order chi connectivity index (χ1) is 9.78. The van der Waals surface area contributed by atoms with Crippen molar-refractivity contribution in [1.29, 1.82) is 0 Å². The number of hydrogen-bond acceptors (Lipinski definition) is 4. The summed E-state index contributed by atoms with van der Waals surface area (Å²) in [6, 6.07) is 7.33. The Bertz CT molecular complexity index is 653. The molecule has 3 heterocycles. The second-order valence-electron chi connectivity index (χ2n) is 5.32. The van der Waals surface area contributed by atoms with Crippen molar-refractivity contribution in [3.05, 3.63) is 46.5 Å². The van der Waals surface area contributed by atoms with Crippen LogP contribution < -0.4 is 5.56 Å². The highest BCUT2D eigenvalue weighted by molar-refractivity contribution is 5.37. The lowest BCUT2D eigenvalue weighted by atomic mass is 10.0. The summed E-state index contributed by atoms with van der Waals surface area (Å²) in [7, 11) is 0. The summed E-state index contributed by atoms with van der Waals surface area (Å²) in [4.78, 5) is 18.8. The van der Waals surface area contributed by atoms with Gasteiger partial charge in [-0.3, -0.25) is 14.1 Å². The fourth-order valence-electron chi connectivity index (χ4n) is 2.87. The van der Waals surface area contributed by atoms with Crippen LogP contribution in [0.1, 0.15) is 25.0 Å². The predicted octanol–water partition coefficient (Wildman–Crippen LogP) is 1.04. The Morgan fingerprint density at radius 1 is 1.35 bits per heavy atom. The molecule has 1 aliphatic rings. The van der Waals surface area contributed by atoms with Gasteiger partial charge in [0.25, 0.3) is 5.56 Å². The van der Waals surface area contributed by atoms with Crippen LogP contribution >= 0.6 is 0 Å². The van der Waals surface area contributed by atoms with Crippen LogP contribution in [0.3, 0.4) is 0 Å². The molecule has 106 valence electrons. The highest BCUT2D eigenvalue weighted by Crippen LogP contribution is 2.18. The molecule has 0 radical (unpaired) electrons. The molecule has 5 heteroatoms. The maximum Gasteiger partial charge on any atom is 0.258 e. The monoisotopic (exact) mass is 273 g/mol. The Kier molecular flexibility index (Phi) is 3.80. The summed E-state index contributed by atoms with van der Waals surface area (Å²) in [6.07, 6.45) is 5.05. The molecule has 0 bridgehead atoms. The number of aromatic nitrogens is 2. The largest absolute Gasteiger partial charge is 0.395 e. The zero-order valence-electron chi connectivity index (χ0n) is 11.4. The summed E-state index contributed by atoms with van der Waals surface area (Å²) in [5.74, 6) is 0. The Balaban J connectivity index is 1.88. The number of pyridine rings is 1. The van der Waals surface area contributed by atoms with Gasteiger partial charge in [0.1, 0.15) is 5.65 Å². The number of aliphatic hydroxyl groups is 1. The molecule has 0 aliphatic carbocycles. The minimum atomic E-state index is -0.0526. The normalized spacial score (nSPS) is 20.4. The van der Waals surface area contributed by atoms with Crippen LogP contribution in [0.5, 0.6) is 0 Å². The molecule has 2 aromatic rings. The van der Waals surface area contributed by atoms with Crippen molar-refractivity contribution < 1.29 is 5.11 Å². The van der Waals surface area contributed by atoms with Crippen LogP contribution in [0.25, 0.3) is 5.65 Å². The smallest absolute Gasteiger partial charge is 0.258 e. The molecule has 1 atom stereocenters. The van der Waals surface area contributed by atoms with Gasteiger partial charge in [-0.1, -0.05) is 12.5 Å². The van der Waals surface area contributed by atoms with E-state index in [1.165, 1.54) is 0 Å². The first kappa shape index (κ1) is 13.3. The molecule has 1 aliphatic heterocycles. The number of fused-ring (bicyclic) bond motifs is 1. The van der Waals surface area contributed by atoms with Crippen molar-refractivity contribution in [3.8, 4) is 0 Å². The molecule has 0 amide bonds. The van der Waals surface area contributed by atoms with Crippen molar-refractivity contribution >= 4 is 5.65 Å². The topological polar surface area (TPSA) is 57.8 Å². The minimum absolute atomic E-state index is 0.0526. The van der Waals surface area contributed by atoms with E-state index in [9.17, 15) is 9.90 Å². The molecule has 2 aromatic heterocycles. The third-order valence-corrected chi connectivity index (χ3v) is 3.95. The molecule has 5 nitrogen and oxygen atoms in total. The van der Waals surface area contributed by atoms with Crippen LogP contribution in [0, 0.1) is 0 Å². The third kappa shape index (κ3) is 2.59. The molecular weight excluding hydrogens is 254 g/mol. The number of likely N-dealkylation sites (tertiary alicyclic amines) is 1. The molecule has 1 unspecified atom stereocenters. The maximum absolute atomic E-state index is 12.0. The van der Waals surface area contributed by atoms with Gasteiger partial charge in [-0.15, -0.1) is 0 Å². The highest BCUT2D eigenvalue weighted by Gasteiger charge is 2.22. The standard InChI is InChI=1S/C15H19N3O2/c19-11-13-5-1-3-7-17(13)10-12-9-15(20)18-8-4-2-6-14(18)16-12/h2,4,6,8-9,13,19H,1,3,5,7,10-11H2. The SMILES string of the molecule is O=c1cc(CN2CCCCC2CO)nc2ccccn12. The summed E-state index contributed by atoms with van der Waals surface area (Å²) >= 11 is 0. The lowest BCUT2D eigenvalue weighted by Gasteiger charge is -2.34. The van der Waals surface area contributed by atoms with E-state index in [0.29, 0.717) is 12.2 Å². The van der Waals surface area contributed by atoms with E-state index in [1.807, 2.05) is 18.2 Å². The van der Waals surface area contributed by atoms with Gasteiger partial charge in [-0.05, 0) is 31.5 Å². The van der Waals surface area contributed by atoms with E-state index in [1.54, 1.807) is 16.7 Å². The van der Waals surface area contributed by atoms with Gasteiger partial charge in [-0.2, -0.15) is 0 Å². The Labute approximate surface area is 117 Å². The predicted molar refractivity (Wildman–Crippen MR) is 76.6 cm³/mol. The fourth-order valence-corrected chi connectivity index (χ4v) is 2.87. The zero-order valence-corrected chi connectivity index (χ0v) is 11.4. The van der Waals surface area contributed by atoms with Gasteiger partial charge in [0.05, 0.1) is 12.3 Å². The lowest BCUT2D eigenvalue weighted by Crippen LogP contribution is -2.41. The van der Waals surface area contributed by atoms with E-state index >= 15 is 0 Å². The molecule has 0 spiro atoms. The van der Waals surface area contributed by atoms with Crippen LogP contribution in [0.2, 0.25) is 0 Å². The fraction of sp³-hybridized carbons (Fsp3) is 0.467. The van der Waals surface area contributed by atoms with Gasteiger partial charge in [0.15, 0.2) is 0 Å². The number of piperidine rings is 1. The first-order valence-electron chi connectivity index (χ1n) is 7.10. The summed E-state index contributed by atoms with van der Waals surface area (Å²) in [5.41, 5.74) is 1.40. The molecule has 0 saturated carbocycles. The number of nitrogens with zero attached hydrogens (tertiary/aromatic N) is 3. The van der Waals surface area contributed by atoms with E-state index in [0.717, 1.165) is 31.5 Å². The average molecular weight is 273 g/mol. The molecule has 1 N–H and O–H groups in total. The van der Waals surface area contributed by atoms with E-state index in [4.69, 9.17) is 0 Å².